The van der Waals surface area contributed by atoms with Gasteiger partial charge in [0.25, 0.3) is 0 Å². The van der Waals surface area contributed by atoms with E-state index in [9.17, 15) is 5.11 Å². The summed E-state index contributed by atoms with van der Waals surface area (Å²) in [5.41, 5.74) is 7.52. The molecule has 0 spiro atoms. The Morgan fingerprint density at radius 3 is 1.31 bits per heavy atom. The highest BCUT2D eigenvalue weighted by atomic mass is 16.6. The Kier molecular flexibility index (Phi) is 19.4. The third-order valence-electron chi connectivity index (χ3n) is 13.7. The molecule has 9 aromatic carbocycles. The molecule has 1 saturated heterocycles. The first kappa shape index (κ1) is 54.7. The number of allylic oxidation sites excluding steroid dienone is 1. The Labute approximate surface area is 468 Å². The SMILES string of the molecule is O=C(/C=C/c1ccc(OCc2ccccc2)cc1)c1c(O)cc(OCc2ccccc2)c([C@@H]2O[C@H](COCc3ccccc3)[C@@H](OCc3ccccc3)[C@H](OCc3ccccc3)[C@H]2OCc2ccccc2)c1OCc1ccccc1. The number of carbonyl (C=O) groups is 1. The Hall–Kier alpha value is -8.61. The quantitative estimate of drug-likeness (QED) is 0.0416. The number of ketones is 1. The predicted octanol–water partition coefficient (Wildman–Crippen LogP) is 14.4. The summed E-state index contributed by atoms with van der Waals surface area (Å²) in [4.78, 5) is 15.1. The van der Waals surface area contributed by atoms with Crippen molar-refractivity contribution in [2.75, 3.05) is 6.61 Å². The van der Waals surface area contributed by atoms with Crippen LogP contribution in [0.3, 0.4) is 0 Å². The van der Waals surface area contributed by atoms with E-state index in [1.807, 2.05) is 237 Å². The van der Waals surface area contributed by atoms with E-state index in [4.69, 9.17) is 37.9 Å². The second-order valence-corrected chi connectivity index (χ2v) is 19.5. The maximum absolute atomic E-state index is 15.1. The van der Waals surface area contributed by atoms with Gasteiger partial charge in [-0.2, -0.15) is 0 Å². The molecule has 10 rings (SSSR count). The van der Waals surface area contributed by atoms with Gasteiger partial charge in [0.2, 0.25) is 0 Å². The molecule has 1 fully saturated rings. The summed E-state index contributed by atoms with van der Waals surface area (Å²) in [7, 11) is 0. The molecule has 9 aromatic rings. The standard InChI is InChI=1S/C70H64O10/c71-60(41-38-51-36-39-59(40-37-51)74-44-53-24-10-2-11-25-53)64-61(72)42-62(75-45-54-26-12-3-13-27-54)65(67(64)77-47-56-30-16-5-17-31-56)68-70(79-49-58-34-20-7-21-35-58)69(78-48-57-32-18-6-19-33-57)66(76-46-55-28-14-4-15-29-55)63(80-68)50-73-43-52-22-8-1-9-23-52/h1-42,63,66,68-70,72H,43-50H2/b41-38+/t63-,66-,68+,69+,70+/m1/s1. The second-order valence-electron chi connectivity index (χ2n) is 19.5. The van der Waals surface area contributed by atoms with Crippen molar-refractivity contribution in [3.05, 3.63) is 304 Å². The van der Waals surface area contributed by atoms with Gasteiger partial charge in [-0.25, -0.2) is 0 Å². The third kappa shape index (κ3) is 15.1. The zero-order valence-corrected chi connectivity index (χ0v) is 44.4. The molecule has 0 unspecified atom stereocenters. The molecule has 1 aliphatic heterocycles. The van der Waals surface area contributed by atoms with Crippen molar-refractivity contribution in [1.82, 2.24) is 0 Å². The molecule has 5 atom stereocenters. The first-order valence-corrected chi connectivity index (χ1v) is 27.0. The van der Waals surface area contributed by atoms with Crippen molar-refractivity contribution in [3.63, 3.8) is 0 Å². The summed E-state index contributed by atoms with van der Waals surface area (Å²) in [5.74, 6) is 0.0894. The van der Waals surface area contributed by atoms with Crippen LogP contribution in [-0.2, 0) is 69.9 Å². The third-order valence-corrected chi connectivity index (χ3v) is 13.7. The van der Waals surface area contributed by atoms with Gasteiger partial charge in [0.05, 0.1) is 38.6 Å². The van der Waals surface area contributed by atoms with Crippen LogP contribution in [0.15, 0.2) is 249 Å². The molecule has 10 heteroatoms. The summed E-state index contributed by atoms with van der Waals surface area (Å²) >= 11 is 0. The van der Waals surface area contributed by atoms with Crippen LogP contribution < -0.4 is 14.2 Å². The van der Waals surface area contributed by atoms with E-state index in [1.165, 1.54) is 12.1 Å². The lowest BCUT2D eigenvalue weighted by atomic mass is 9.87. The van der Waals surface area contributed by atoms with Gasteiger partial charge < -0.3 is 43.0 Å². The van der Waals surface area contributed by atoms with Crippen LogP contribution in [0.5, 0.6) is 23.0 Å². The van der Waals surface area contributed by atoms with E-state index in [0.29, 0.717) is 24.5 Å². The predicted molar refractivity (Wildman–Crippen MR) is 309 cm³/mol. The van der Waals surface area contributed by atoms with Gasteiger partial charge in [-0.3, -0.25) is 4.79 Å². The minimum Gasteiger partial charge on any atom is -0.507 e. The Bertz CT molecular complexity index is 3310. The van der Waals surface area contributed by atoms with E-state index in [1.54, 1.807) is 6.08 Å². The van der Waals surface area contributed by atoms with Crippen molar-refractivity contribution < 1.29 is 47.8 Å². The molecule has 0 bridgehead atoms. The van der Waals surface area contributed by atoms with Gasteiger partial charge in [-0.15, -0.1) is 0 Å². The molecule has 10 nitrogen and oxygen atoms in total. The van der Waals surface area contributed by atoms with Crippen molar-refractivity contribution in [1.29, 1.82) is 0 Å². The van der Waals surface area contributed by atoms with E-state index in [-0.39, 0.29) is 62.5 Å². The first-order chi connectivity index (χ1) is 39.5. The van der Waals surface area contributed by atoms with Crippen LogP contribution >= 0.6 is 0 Å². The number of phenolic OH excluding ortho intramolecular Hbond substituents is 1. The number of benzene rings is 9. The van der Waals surface area contributed by atoms with Gasteiger partial charge >= 0.3 is 0 Å². The van der Waals surface area contributed by atoms with Crippen LogP contribution in [0, 0.1) is 0 Å². The Morgan fingerprint density at radius 2 is 0.838 bits per heavy atom. The largest absolute Gasteiger partial charge is 0.507 e. The zero-order valence-electron chi connectivity index (χ0n) is 44.4. The van der Waals surface area contributed by atoms with Gasteiger partial charge in [-0.05, 0) is 62.7 Å². The van der Waals surface area contributed by atoms with Crippen LogP contribution in [0.4, 0.5) is 0 Å². The molecule has 0 radical (unpaired) electrons. The van der Waals surface area contributed by atoms with Gasteiger partial charge in [0.1, 0.15) is 78.9 Å². The number of rotatable bonds is 26. The fourth-order valence-corrected chi connectivity index (χ4v) is 9.57. The molecule has 1 heterocycles. The highest BCUT2D eigenvalue weighted by molar-refractivity contribution is 6.11. The lowest BCUT2D eigenvalue weighted by Crippen LogP contribution is -2.58. The van der Waals surface area contributed by atoms with Gasteiger partial charge in [-0.1, -0.05) is 231 Å². The Morgan fingerprint density at radius 1 is 0.438 bits per heavy atom. The molecular weight excluding hydrogens is 1000 g/mol. The number of aromatic hydroxyl groups is 1. The average molecular weight is 1070 g/mol. The molecule has 0 aromatic heterocycles. The van der Waals surface area contributed by atoms with Crippen LogP contribution in [0.1, 0.15) is 66.5 Å². The summed E-state index contributed by atoms with van der Waals surface area (Å²) in [6.07, 6.45) is -1.35. The molecule has 0 saturated carbocycles. The summed E-state index contributed by atoms with van der Waals surface area (Å²) < 4.78 is 55.4. The topological polar surface area (TPSA) is 111 Å². The number of carbonyl (C=O) groups excluding carboxylic acids is 1. The van der Waals surface area contributed by atoms with Crippen molar-refractivity contribution in [2.24, 2.45) is 0 Å². The Balaban J connectivity index is 1.11. The molecule has 0 aliphatic carbocycles. The minimum atomic E-state index is -1.10. The van der Waals surface area contributed by atoms with E-state index in [2.05, 4.69) is 0 Å². The van der Waals surface area contributed by atoms with E-state index >= 15 is 4.79 Å². The number of phenols is 1. The van der Waals surface area contributed by atoms with Crippen LogP contribution in [-0.4, -0.2) is 41.9 Å². The maximum Gasteiger partial charge on any atom is 0.193 e. The molecule has 1 N–H and O–H groups in total. The van der Waals surface area contributed by atoms with Gasteiger partial charge in [0, 0.05) is 6.07 Å². The minimum absolute atomic E-state index is 0.0203. The van der Waals surface area contributed by atoms with E-state index in [0.717, 1.165) is 44.5 Å². The number of ether oxygens (including phenoxy) is 8. The number of hydrogen-bond acceptors (Lipinski definition) is 10. The summed E-state index contributed by atoms with van der Waals surface area (Å²) in [6.45, 7) is 1.49. The van der Waals surface area contributed by atoms with E-state index < -0.39 is 36.3 Å². The molecule has 0 amide bonds. The molecular formula is C70H64O10. The van der Waals surface area contributed by atoms with Crippen molar-refractivity contribution >= 4 is 11.9 Å². The normalized spacial score (nSPS) is 17.0. The first-order valence-electron chi connectivity index (χ1n) is 27.0. The van der Waals surface area contributed by atoms with Gasteiger partial charge in [0.15, 0.2) is 5.78 Å². The second kappa shape index (κ2) is 28.3. The monoisotopic (exact) mass is 1060 g/mol. The molecule has 80 heavy (non-hydrogen) atoms. The average Bonchev–Trinajstić information content (AvgIpc) is 3.69. The van der Waals surface area contributed by atoms with Crippen molar-refractivity contribution in [2.45, 2.75) is 76.8 Å². The summed E-state index contributed by atoms with van der Waals surface area (Å²) in [6, 6.07) is 78.0. The molecule has 404 valence electrons. The highest BCUT2D eigenvalue weighted by Crippen LogP contribution is 2.50. The fraction of sp³-hybridized carbons (Fsp3) is 0.186. The number of hydrogen-bond donors (Lipinski definition) is 1. The van der Waals surface area contributed by atoms with Crippen LogP contribution in [0.25, 0.3) is 6.08 Å². The zero-order chi connectivity index (χ0) is 54.6. The molecule has 1 aliphatic rings. The lowest BCUT2D eigenvalue weighted by Gasteiger charge is -2.47. The maximum atomic E-state index is 15.1. The van der Waals surface area contributed by atoms with Crippen molar-refractivity contribution in [3.8, 4) is 23.0 Å². The summed E-state index contributed by atoms with van der Waals surface area (Å²) in [5, 5.41) is 12.4. The fourth-order valence-electron chi connectivity index (χ4n) is 9.57. The highest BCUT2D eigenvalue weighted by Gasteiger charge is 2.51. The lowest BCUT2D eigenvalue weighted by molar-refractivity contribution is -0.275. The smallest absolute Gasteiger partial charge is 0.193 e. The van der Waals surface area contributed by atoms with Crippen LogP contribution in [0.2, 0.25) is 0 Å².